The third-order valence-electron chi connectivity index (χ3n) is 2.74. The predicted octanol–water partition coefficient (Wildman–Crippen LogP) is 0.326. The summed E-state index contributed by atoms with van der Waals surface area (Å²) in [4.78, 5) is 11.0. The van der Waals surface area contributed by atoms with Gasteiger partial charge in [0.1, 0.15) is 5.75 Å². The van der Waals surface area contributed by atoms with Gasteiger partial charge in [0.2, 0.25) is 5.91 Å². The van der Waals surface area contributed by atoms with Crippen molar-refractivity contribution >= 4 is 5.91 Å². The van der Waals surface area contributed by atoms with Gasteiger partial charge in [-0.05, 0) is 24.1 Å². The first-order chi connectivity index (χ1) is 7.78. The molecule has 1 amide bonds. The zero-order valence-electron chi connectivity index (χ0n) is 9.32. The molecule has 2 N–H and O–H groups in total. The van der Waals surface area contributed by atoms with Crippen LogP contribution in [0.2, 0.25) is 0 Å². The van der Waals surface area contributed by atoms with Gasteiger partial charge in [-0.15, -0.1) is 0 Å². The molecule has 1 heterocycles. The summed E-state index contributed by atoms with van der Waals surface area (Å²) in [6.45, 7) is 1.12. The van der Waals surface area contributed by atoms with Crippen LogP contribution in [0.25, 0.3) is 0 Å². The van der Waals surface area contributed by atoms with Crippen LogP contribution in [0.15, 0.2) is 24.3 Å². The van der Waals surface area contributed by atoms with Crippen molar-refractivity contribution in [1.29, 1.82) is 0 Å². The van der Waals surface area contributed by atoms with Gasteiger partial charge in [-0.1, -0.05) is 12.1 Å². The molecule has 1 saturated heterocycles. The van der Waals surface area contributed by atoms with E-state index in [2.05, 4.69) is 22.8 Å². The van der Waals surface area contributed by atoms with Gasteiger partial charge < -0.3 is 15.4 Å². The van der Waals surface area contributed by atoms with Crippen molar-refractivity contribution < 1.29 is 9.53 Å². The van der Waals surface area contributed by atoms with E-state index in [0.29, 0.717) is 19.1 Å². The fourth-order valence-electron chi connectivity index (χ4n) is 1.80. The number of methoxy groups -OCH3 is 1. The topological polar surface area (TPSA) is 50.4 Å². The van der Waals surface area contributed by atoms with Crippen LogP contribution in [0, 0.1) is 0 Å². The molecule has 0 bridgehead atoms. The maximum atomic E-state index is 11.0. The number of carbonyl (C=O) groups excluding carboxylic acids is 1. The normalized spacial score (nSPS) is 20.3. The van der Waals surface area contributed by atoms with Crippen molar-refractivity contribution in [1.82, 2.24) is 10.6 Å². The molecular formula is C12H16N2O2. The SMILES string of the molecule is COc1ccc(CC2CNC(=O)CN2)cc1. The highest BCUT2D eigenvalue weighted by Crippen LogP contribution is 2.12. The molecule has 1 fully saturated rings. The molecule has 1 aromatic carbocycles. The van der Waals surface area contributed by atoms with Crippen LogP contribution in [0.3, 0.4) is 0 Å². The van der Waals surface area contributed by atoms with Crippen molar-refractivity contribution in [2.75, 3.05) is 20.2 Å². The number of hydrogen-bond donors (Lipinski definition) is 2. The minimum absolute atomic E-state index is 0.0750. The Morgan fingerprint density at radius 1 is 1.38 bits per heavy atom. The molecule has 0 spiro atoms. The lowest BCUT2D eigenvalue weighted by Crippen LogP contribution is -2.52. The Hall–Kier alpha value is -1.55. The Balaban J connectivity index is 1.90. The molecule has 4 heteroatoms. The summed E-state index contributed by atoms with van der Waals surface area (Å²) in [5, 5.41) is 6.05. The van der Waals surface area contributed by atoms with Gasteiger partial charge in [0.05, 0.1) is 13.7 Å². The van der Waals surface area contributed by atoms with Crippen LogP contribution in [0.5, 0.6) is 5.75 Å². The predicted molar refractivity (Wildman–Crippen MR) is 61.5 cm³/mol. The van der Waals surface area contributed by atoms with Crippen LogP contribution >= 0.6 is 0 Å². The number of ether oxygens (including phenoxy) is 1. The van der Waals surface area contributed by atoms with Crippen molar-refractivity contribution in [2.45, 2.75) is 12.5 Å². The molecule has 4 nitrogen and oxygen atoms in total. The summed E-state index contributed by atoms with van der Waals surface area (Å²) >= 11 is 0. The van der Waals surface area contributed by atoms with E-state index in [4.69, 9.17) is 4.74 Å². The zero-order chi connectivity index (χ0) is 11.4. The zero-order valence-corrected chi connectivity index (χ0v) is 9.32. The molecule has 86 valence electrons. The van der Waals surface area contributed by atoms with Gasteiger partial charge in [-0.25, -0.2) is 0 Å². The van der Waals surface area contributed by atoms with Gasteiger partial charge in [0.25, 0.3) is 0 Å². The average molecular weight is 220 g/mol. The van der Waals surface area contributed by atoms with E-state index in [1.807, 2.05) is 12.1 Å². The summed E-state index contributed by atoms with van der Waals surface area (Å²) in [5.41, 5.74) is 1.24. The van der Waals surface area contributed by atoms with E-state index >= 15 is 0 Å². The molecule has 1 aliphatic rings. The van der Waals surface area contributed by atoms with E-state index < -0.39 is 0 Å². The number of piperazine rings is 1. The molecule has 1 atom stereocenters. The van der Waals surface area contributed by atoms with Gasteiger partial charge in [0.15, 0.2) is 0 Å². The first kappa shape index (κ1) is 11.0. The van der Waals surface area contributed by atoms with Crippen molar-refractivity contribution in [3.63, 3.8) is 0 Å². The highest BCUT2D eigenvalue weighted by Gasteiger charge is 2.16. The van der Waals surface area contributed by atoms with E-state index in [-0.39, 0.29) is 5.91 Å². The average Bonchev–Trinajstić information content (AvgIpc) is 2.33. The smallest absolute Gasteiger partial charge is 0.234 e. The number of carbonyl (C=O) groups is 1. The van der Waals surface area contributed by atoms with Gasteiger partial charge in [-0.3, -0.25) is 4.79 Å². The Bertz CT molecular complexity index is 352. The fraction of sp³-hybridized carbons (Fsp3) is 0.417. The monoisotopic (exact) mass is 220 g/mol. The van der Waals surface area contributed by atoms with Gasteiger partial charge >= 0.3 is 0 Å². The highest BCUT2D eigenvalue weighted by atomic mass is 16.5. The van der Waals surface area contributed by atoms with Gasteiger partial charge in [0, 0.05) is 12.6 Å². The molecule has 16 heavy (non-hydrogen) atoms. The Kier molecular flexibility index (Phi) is 3.41. The van der Waals surface area contributed by atoms with Crippen molar-refractivity contribution in [3.05, 3.63) is 29.8 Å². The second-order valence-corrected chi connectivity index (χ2v) is 3.93. The Morgan fingerprint density at radius 2 is 2.12 bits per heavy atom. The van der Waals surface area contributed by atoms with Crippen LogP contribution in [0.4, 0.5) is 0 Å². The number of benzene rings is 1. The lowest BCUT2D eigenvalue weighted by Gasteiger charge is -2.24. The summed E-state index contributed by atoms with van der Waals surface area (Å²) in [6.07, 6.45) is 0.921. The van der Waals surface area contributed by atoms with Crippen LogP contribution in [0.1, 0.15) is 5.56 Å². The largest absolute Gasteiger partial charge is 0.497 e. The molecule has 0 aliphatic carbocycles. The first-order valence-corrected chi connectivity index (χ1v) is 5.41. The molecule has 0 aromatic heterocycles. The Morgan fingerprint density at radius 3 is 2.69 bits per heavy atom. The molecule has 0 radical (unpaired) electrons. The third kappa shape index (κ3) is 2.73. The fourth-order valence-corrected chi connectivity index (χ4v) is 1.80. The third-order valence-corrected chi connectivity index (χ3v) is 2.74. The molecule has 1 unspecified atom stereocenters. The van der Waals surface area contributed by atoms with E-state index in [1.165, 1.54) is 5.56 Å². The van der Waals surface area contributed by atoms with Crippen LogP contribution in [-0.4, -0.2) is 32.1 Å². The molecule has 2 rings (SSSR count). The minimum atomic E-state index is 0.0750. The maximum Gasteiger partial charge on any atom is 0.234 e. The van der Waals surface area contributed by atoms with Gasteiger partial charge in [-0.2, -0.15) is 0 Å². The van der Waals surface area contributed by atoms with Crippen LogP contribution in [-0.2, 0) is 11.2 Å². The maximum absolute atomic E-state index is 11.0. The first-order valence-electron chi connectivity index (χ1n) is 5.41. The summed E-state index contributed by atoms with van der Waals surface area (Å²) in [5.74, 6) is 0.944. The van der Waals surface area contributed by atoms with Crippen molar-refractivity contribution in [3.8, 4) is 5.75 Å². The quantitative estimate of drug-likeness (QED) is 0.771. The van der Waals surface area contributed by atoms with Crippen LogP contribution < -0.4 is 15.4 Å². The van der Waals surface area contributed by atoms with E-state index in [9.17, 15) is 4.79 Å². The summed E-state index contributed by atoms with van der Waals surface area (Å²) in [6, 6.07) is 8.34. The van der Waals surface area contributed by atoms with E-state index in [0.717, 1.165) is 12.2 Å². The second kappa shape index (κ2) is 4.99. The number of amides is 1. The van der Waals surface area contributed by atoms with Crippen molar-refractivity contribution in [2.24, 2.45) is 0 Å². The number of nitrogens with one attached hydrogen (secondary N) is 2. The standard InChI is InChI=1S/C12H16N2O2/c1-16-11-4-2-9(3-5-11)6-10-7-14-12(15)8-13-10/h2-5,10,13H,6-8H2,1H3,(H,14,15). The second-order valence-electron chi connectivity index (χ2n) is 3.93. The lowest BCUT2D eigenvalue weighted by atomic mass is 10.0. The summed E-state index contributed by atoms with van der Waals surface area (Å²) < 4.78 is 5.10. The number of hydrogen-bond acceptors (Lipinski definition) is 3. The summed E-state index contributed by atoms with van der Waals surface area (Å²) in [7, 11) is 1.66. The molecule has 1 aliphatic heterocycles. The minimum Gasteiger partial charge on any atom is -0.497 e. The molecule has 1 aromatic rings. The van der Waals surface area contributed by atoms with E-state index in [1.54, 1.807) is 7.11 Å². The number of rotatable bonds is 3. The molecule has 0 saturated carbocycles. The Labute approximate surface area is 95.0 Å². The lowest BCUT2D eigenvalue weighted by molar-refractivity contribution is -0.121. The highest BCUT2D eigenvalue weighted by molar-refractivity contribution is 5.78. The molecular weight excluding hydrogens is 204 g/mol.